The number of amides is 1. The van der Waals surface area contributed by atoms with Crippen LogP contribution in [0.25, 0.3) is 11.0 Å². The summed E-state index contributed by atoms with van der Waals surface area (Å²) in [6.45, 7) is 7.48. The lowest BCUT2D eigenvalue weighted by molar-refractivity contribution is -0.128. The lowest BCUT2D eigenvalue weighted by atomic mass is 9.78. The van der Waals surface area contributed by atoms with Gasteiger partial charge in [-0.05, 0) is 43.7 Å². The molecule has 2 fully saturated rings. The predicted octanol–water partition coefficient (Wildman–Crippen LogP) is 2.79. The van der Waals surface area contributed by atoms with Crippen molar-refractivity contribution in [1.82, 2.24) is 19.8 Å². The predicted molar refractivity (Wildman–Crippen MR) is 99.1 cm³/mol. The Hall–Kier alpha value is -1.88. The number of fused-ring (bicyclic) bond motifs is 2. The maximum Gasteiger partial charge on any atom is 0.219 e. The third-order valence-corrected chi connectivity index (χ3v) is 6.12. The Morgan fingerprint density at radius 3 is 2.92 bits per heavy atom. The van der Waals surface area contributed by atoms with Gasteiger partial charge in [-0.2, -0.15) is 0 Å². The molecule has 25 heavy (non-hydrogen) atoms. The molecule has 134 valence electrons. The van der Waals surface area contributed by atoms with E-state index in [9.17, 15) is 4.79 Å². The lowest BCUT2D eigenvalue weighted by Gasteiger charge is -2.33. The Labute approximate surface area is 149 Å². The third-order valence-electron chi connectivity index (χ3n) is 6.12. The van der Waals surface area contributed by atoms with Crippen molar-refractivity contribution in [1.29, 1.82) is 0 Å². The molecule has 0 bridgehead atoms. The van der Waals surface area contributed by atoms with E-state index in [-0.39, 0.29) is 5.91 Å². The molecular formula is C20H28N4O. The fourth-order valence-electron chi connectivity index (χ4n) is 4.82. The highest BCUT2D eigenvalue weighted by molar-refractivity contribution is 5.76. The van der Waals surface area contributed by atoms with Gasteiger partial charge in [0.05, 0.1) is 17.6 Å². The Bertz CT molecular complexity index is 768. The summed E-state index contributed by atoms with van der Waals surface area (Å²) in [5, 5.41) is 3.78. The number of rotatable bonds is 4. The van der Waals surface area contributed by atoms with Gasteiger partial charge < -0.3 is 14.8 Å². The Morgan fingerprint density at radius 2 is 2.12 bits per heavy atom. The summed E-state index contributed by atoms with van der Waals surface area (Å²) in [5.74, 6) is 2.60. The minimum absolute atomic E-state index is 0.223. The van der Waals surface area contributed by atoms with Gasteiger partial charge in [0.25, 0.3) is 0 Å². The van der Waals surface area contributed by atoms with Crippen LogP contribution in [-0.2, 0) is 17.9 Å². The van der Waals surface area contributed by atoms with Crippen molar-refractivity contribution in [3.8, 4) is 0 Å². The van der Waals surface area contributed by atoms with Crippen LogP contribution in [0.5, 0.6) is 0 Å². The molecule has 4 rings (SSSR count). The van der Waals surface area contributed by atoms with Gasteiger partial charge in [0.15, 0.2) is 0 Å². The number of hydrogen-bond acceptors (Lipinski definition) is 3. The first-order valence-corrected chi connectivity index (χ1v) is 9.60. The van der Waals surface area contributed by atoms with Crippen molar-refractivity contribution in [2.75, 3.05) is 13.1 Å². The van der Waals surface area contributed by atoms with Crippen LogP contribution in [-0.4, -0.2) is 39.5 Å². The molecule has 5 nitrogen and oxygen atoms in total. The number of hydrogen-bond donors (Lipinski definition) is 1. The Kier molecular flexibility index (Phi) is 4.50. The molecular weight excluding hydrogens is 312 g/mol. The molecule has 3 atom stereocenters. The van der Waals surface area contributed by atoms with Gasteiger partial charge in [0.2, 0.25) is 5.91 Å². The van der Waals surface area contributed by atoms with Crippen molar-refractivity contribution in [3.63, 3.8) is 0 Å². The van der Waals surface area contributed by atoms with Gasteiger partial charge in [-0.3, -0.25) is 4.79 Å². The SMILES string of the molecule is CCn1c(CNC2CCCC3CN(C(C)=O)CC32)nc2ccccc21. The second-order valence-corrected chi connectivity index (χ2v) is 7.53. The fourth-order valence-corrected chi connectivity index (χ4v) is 4.82. The van der Waals surface area contributed by atoms with Crippen molar-refractivity contribution in [3.05, 3.63) is 30.1 Å². The third kappa shape index (κ3) is 3.06. The first-order valence-electron chi connectivity index (χ1n) is 9.60. The van der Waals surface area contributed by atoms with E-state index in [0.29, 0.717) is 17.9 Å². The highest BCUT2D eigenvalue weighted by atomic mass is 16.2. The van der Waals surface area contributed by atoms with E-state index in [0.717, 1.165) is 37.5 Å². The van der Waals surface area contributed by atoms with Gasteiger partial charge in [0, 0.05) is 32.6 Å². The van der Waals surface area contributed by atoms with E-state index in [1.165, 1.54) is 24.8 Å². The first kappa shape index (κ1) is 16.6. The number of aromatic nitrogens is 2. The fraction of sp³-hybridized carbons (Fsp3) is 0.600. The van der Waals surface area contributed by atoms with Crippen molar-refractivity contribution < 1.29 is 4.79 Å². The average molecular weight is 340 g/mol. The van der Waals surface area contributed by atoms with Crippen molar-refractivity contribution in [2.24, 2.45) is 11.8 Å². The molecule has 1 N–H and O–H groups in total. The number of likely N-dealkylation sites (tertiary alicyclic amines) is 1. The number of carbonyl (C=O) groups excluding carboxylic acids is 1. The maximum atomic E-state index is 11.8. The molecule has 3 unspecified atom stereocenters. The molecule has 2 aliphatic rings. The molecule has 1 aromatic carbocycles. The van der Waals surface area contributed by atoms with Gasteiger partial charge in [-0.15, -0.1) is 0 Å². The van der Waals surface area contributed by atoms with E-state index in [2.05, 4.69) is 35.0 Å². The van der Waals surface area contributed by atoms with Crippen LogP contribution in [0.15, 0.2) is 24.3 Å². The molecule has 1 saturated heterocycles. The zero-order valence-electron chi connectivity index (χ0n) is 15.2. The van der Waals surface area contributed by atoms with Gasteiger partial charge >= 0.3 is 0 Å². The zero-order valence-corrected chi connectivity index (χ0v) is 15.2. The van der Waals surface area contributed by atoms with Crippen molar-refractivity contribution in [2.45, 2.75) is 52.2 Å². The van der Waals surface area contributed by atoms with E-state index in [1.54, 1.807) is 6.92 Å². The van der Waals surface area contributed by atoms with Crippen LogP contribution < -0.4 is 5.32 Å². The summed E-state index contributed by atoms with van der Waals surface area (Å²) >= 11 is 0. The summed E-state index contributed by atoms with van der Waals surface area (Å²) in [7, 11) is 0. The average Bonchev–Trinajstić information content (AvgIpc) is 3.21. The van der Waals surface area contributed by atoms with Gasteiger partial charge in [-0.25, -0.2) is 4.98 Å². The minimum Gasteiger partial charge on any atom is -0.342 e. The Morgan fingerprint density at radius 1 is 1.28 bits per heavy atom. The summed E-state index contributed by atoms with van der Waals surface area (Å²) in [6.07, 6.45) is 3.73. The number of imidazole rings is 1. The summed E-state index contributed by atoms with van der Waals surface area (Å²) in [4.78, 5) is 18.6. The molecule has 1 aromatic heterocycles. The van der Waals surface area contributed by atoms with Crippen LogP contribution in [0.2, 0.25) is 0 Å². The van der Waals surface area contributed by atoms with E-state index in [1.807, 2.05) is 11.0 Å². The van der Waals surface area contributed by atoms with Crippen LogP contribution in [0.4, 0.5) is 0 Å². The molecule has 1 amide bonds. The molecule has 1 aliphatic carbocycles. The molecule has 1 saturated carbocycles. The number of benzene rings is 1. The quantitative estimate of drug-likeness (QED) is 0.931. The highest BCUT2D eigenvalue weighted by Crippen LogP contribution is 2.36. The van der Waals surface area contributed by atoms with Crippen LogP contribution in [0.3, 0.4) is 0 Å². The number of para-hydroxylation sites is 2. The van der Waals surface area contributed by atoms with Crippen LogP contribution >= 0.6 is 0 Å². The van der Waals surface area contributed by atoms with Crippen LogP contribution in [0.1, 0.15) is 38.9 Å². The van der Waals surface area contributed by atoms with Crippen LogP contribution in [0, 0.1) is 11.8 Å². The standard InChI is InChI=1S/C20H28N4O/c1-3-24-19-10-5-4-8-18(19)22-20(24)11-21-17-9-6-7-15-12-23(14(2)25)13-16(15)17/h4-5,8,10,15-17,21H,3,6-7,9,11-13H2,1-2H3. The molecule has 5 heteroatoms. The number of aryl methyl sites for hydroxylation is 1. The number of nitrogens with zero attached hydrogens (tertiary/aromatic N) is 3. The summed E-state index contributed by atoms with van der Waals surface area (Å²) < 4.78 is 2.30. The van der Waals surface area contributed by atoms with E-state index >= 15 is 0 Å². The molecule has 2 heterocycles. The topological polar surface area (TPSA) is 50.2 Å². The lowest BCUT2D eigenvalue weighted by Crippen LogP contribution is -2.42. The highest BCUT2D eigenvalue weighted by Gasteiger charge is 2.40. The molecule has 1 aliphatic heterocycles. The number of nitrogens with one attached hydrogen (secondary N) is 1. The smallest absolute Gasteiger partial charge is 0.219 e. The second kappa shape index (κ2) is 6.79. The van der Waals surface area contributed by atoms with E-state index < -0.39 is 0 Å². The molecule has 0 radical (unpaired) electrons. The minimum atomic E-state index is 0.223. The zero-order chi connectivity index (χ0) is 17.4. The van der Waals surface area contributed by atoms with E-state index in [4.69, 9.17) is 4.98 Å². The van der Waals surface area contributed by atoms with Gasteiger partial charge in [0.1, 0.15) is 5.82 Å². The number of carbonyl (C=O) groups is 1. The first-order chi connectivity index (χ1) is 12.2. The largest absolute Gasteiger partial charge is 0.342 e. The monoisotopic (exact) mass is 340 g/mol. The van der Waals surface area contributed by atoms with Gasteiger partial charge in [-0.1, -0.05) is 18.6 Å². The summed E-state index contributed by atoms with van der Waals surface area (Å²) in [5.41, 5.74) is 2.29. The molecule has 0 spiro atoms. The van der Waals surface area contributed by atoms with Crippen molar-refractivity contribution >= 4 is 16.9 Å². The summed E-state index contributed by atoms with van der Waals surface area (Å²) in [6, 6.07) is 8.85. The second-order valence-electron chi connectivity index (χ2n) is 7.53. The molecule has 2 aromatic rings. The Balaban J connectivity index is 1.48. The normalized spacial score (nSPS) is 26.2. The maximum absolute atomic E-state index is 11.8.